The summed E-state index contributed by atoms with van der Waals surface area (Å²) < 4.78 is 5.29. The van der Waals surface area contributed by atoms with Gasteiger partial charge in [-0.05, 0) is 31.9 Å². The fourth-order valence-electron chi connectivity index (χ4n) is 2.34. The molecule has 1 aromatic heterocycles. The number of nitrogens with one attached hydrogen (secondary N) is 1. The Hall–Kier alpha value is -1.39. The van der Waals surface area contributed by atoms with Crippen LogP contribution >= 0.6 is 11.3 Å². The number of rotatable bonds is 4. The van der Waals surface area contributed by atoms with Crippen LogP contribution < -0.4 is 5.32 Å². The zero-order valence-electron chi connectivity index (χ0n) is 11.2. The zero-order chi connectivity index (χ0) is 13.2. The molecule has 0 amide bonds. The number of aryl methyl sites for hydroxylation is 1. The van der Waals surface area contributed by atoms with Gasteiger partial charge in [0.25, 0.3) is 0 Å². The highest BCUT2D eigenvalue weighted by atomic mass is 32.1. The van der Waals surface area contributed by atoms with Crippen LogP contribution in [0.3, 0.4) is 0 Å². The Balaban J connectivity index is 1.63. The van der Waals surface area contributed by atoms with Gasteiger partial charge < -0.3 is 10.1 Å². The van der Waals surface area contributed by atoms with Gasteiger partial charge in [0.15, 0.2) is 0 Å². The second-order valence-electron chi connectivity index (χ2n) is 5.00. The molecule has 1 heterocycles. The Labute approximate surface area is 117 Å². The molecule has 2 aromatic rings. The predicted molar refractivity (Wildman–Crippen MR) is 79.7 cm³/mol. The van der Waals surface area contributed by atoms with E-state index in [1.807, 2.05) is 6.92 Å². The molecule has 19 heavy (non-hydrogen) atoms. The van der Waals surface area contributed by atoms with E-state index in [0.717, 1.165) is 23.5 Å². The summed E-state index contributed by atoms with van der Waals surface area (Å²) in [6.45, 7) is 2.03. The Morgan fingerprint density at radius 3 is 2.58 bits per heavy atom. The average Bonchev–Trinajstić information content (AvgIpc) is 2.81. The lowest BCUT2D eigenvalue weighted by Crippen LogP contribution is -2.40. The highest BCUT2D eigenvalue weighted by molar-refractivity contribution is 7.09. The lowest BCUT2D eigenvalue weighted by atomic mass is 9.89. The van der Waals surface area contributed by atoms with E-state index >= 15 is 0 Å². The summed E-state index contributed by atoms with van der Waals surface area (Å²) >= 11 is 1.69. The van der Waals surface area contributed by atoms with Gasteiger partial charge in [-0.15, -0.1) is 11.3 Å². The number of hydrogen-bond donors (Lipinski definition) is 1. The first-order valence-corrected chi connectivity index (χ1v) is 7.44. The second kappa shape index (κ2) is 5.31. The van der Waals surface area contributed by atoms with Crippen molar-refractivity contribution >= 4 is 17.0 Å². The smallest absolute Gasteiger partial charge is 0.0901 e. The Morgan fingerprint density at radius 1 is 1.26 bits per heavy atom. The standard InChI is InChI=1S/C15H18N2OS/c1-10-16-15(9-19-10)11-3-5-12(6-4-11)17-13-7-14(8-13)18-2/h3-6,9,13-14,17H,7-8H2,1-2H3. The van der Waals surface area contributed by atoms with Crippen LogP contribution in [0.1, 0.15) is 17.8 Å². The Kier molecular flexibility index (Phi) is 3.53. The number of thiazole rings is 1. The molecule has 0 saturated heterocycles. The van der Waals surface area contributed by atoms with Gasteiger partial charge in [-0.25, -0.2) is 4.98 Å². The molecule has 1 N–H and O–H groups in total. The SMILES string of the molecule is COC1CC(Nc2ccc(-c3csc(C)n3)cc2)C1. The molecule has 0 bridgehead atoms. The van der Waals surface area contributed by atoms with Crippen molar-refractivity contribution in [2.24, 2.45) is 0 Å². The quantitative estimate of drug-likeness (QED) is 0.923. The second-order valence-corrected chi connectivity index (χ2v) is 6.06. The summed E-state index contributed by atoms with van der Waals surface area (Å²) in [5, 5.41) is 6.74. The maximum atomic E-state index is 5.29. The van der Waals surface area contributed by atoms with Crippen LogP contribution in [0.2, 0.25) is 0 Å². The minimum atomic E-state index is 0.440. The molecule has 1 saturated carbocycles. The molecule has 3 rings (SSSR count). The van der Waals surface area contributed by atoms with Crippen molar-refractivity contribution < 1.29 is 4.74 Å². The number of anilines is 1. The number of ether oxygens (including phenoxy) is 1. The first-order valence-electron chi connectivity index (χ1n) is 6.56. The number of nitrogens with zero attached hydrogens (tertiary/aromatic N) is 1. The highest BCUT2D eigenvalue weighted by Gasteiger charge is 2.28. The molecular weight excluding hydrogens is 256 g/mol. The Bertz CT molecular complexity index is 544. The predicted octanol–water partition coefficient (Wildman–Crippen LogP) is 3.71. The third-order valence-electron chi connectivity index (χ3n) is 3.60. The Morgan fingerprint density at radius 2 is 2.00 bits per heavy atom. The van der Waals surface area contributed by atoms with E-state index in [-0.39, 0.29) is 0 Å². The zero-order valence-corrected chi connectivity index (χ0v) is 12.0. The molecule has 1 aromatic carbocycles. The van der Waals surface area contributed by atoms with E-state index in [4.69, 9.17) is 4.74 Å². The summed E-state index contributed by atoms with van der Waals surface area (Å²) in [5.41, 5.74) is 3.42. The topological polar surface area (TPSA) is 34.1 Å². The number of aromatic nitrogens is 1. The van der Waals surface area contributed by atoms with Gasteiger partial charge in [0.2, 0.25) is 0 Å². The summed E-state index contributed by atoms with van der Waals surface area (Å²) in [6, 6.07) is 9.07. The van der Waals surface area contributed by atoms with E-state index in [1.54, 1.807) is 18.4 Å². The van der Waals surface area contributed by atoms with Crippen LogP contribution in [0.15, 0.2) is 29.6 Å². The minimum Gasteiger partial charge on any atom is -0.382 e. The van der Waals surface area contributed by atoms with E-state index in [0.29, 0.717) is 12.1 Å². The maximum Gasteiger partial charge on any atom is 0.0901 e. The summed E-state index contributed by atoms with van der Waals surface area (Å²) in [4.78, 5) is 4.50. The fraction of sp³-hybridized carbons (Fsp3) is 0.400. The molecule has 0 radical (unpaired) electrons. The molecule has 3 nitrogen and oxygen atoms in total. The van der Waals surface area contributed by atoms with E-state index in [9.17, 15) is 0 Å². The average molecular weight is 274 g/mol. The number of methoxy groups -OCH3 is 1. The van der Waals surface area contributed by atoms with Gasteiger partial charge in [-0.2, -0.15) is 0 Å². The summed E-state index contributed by atoms with van der Waals surface area (Å²) in [6.07, 6.45) is 2.64. The molecule has 100 valence electrons. The van der Waals surface area contributed by atoms with E-state index < -0.39 is 0 Å². The molecule has 0 atom stereocenters. The first kappa shape index (κ1) is 12.6. The summed E-state index contributed by atoms with van der Waals surface area (Å²) in [5.74, 6) is 0. The molecule has 0 unspecified atom stereocenters. The van der Waals surface area contributed by atoms with Gasteiger partial charge >= 0.3 is 0 Å². The maximum absolute atomic E-state index is 5.29. The van der Waals surface area contributed by atoms with Gasteiger partial charge in [0, 0.05) is 29.8 Å². The van der Waals surface area contributed by atoms with Crippen molar-refractivity contribution in [3.8, 4) is 11.3 Å². The van der Waals surface area contributed by atoms with Crippen LogP contribution in [0.4, 0.5) is 5.69 Å². The lowest BCUT2D eigenvalue weighted by Gasteiger charge is -2.35. The molecule has 1 fully saturated rings. The van der Waals surface area contributed by atoms with Crippen LogP contribution in [-0.4, -0.2) is 24.2 Å². The van der Waals surface area contributed by atoms with Crippen molar-refractivity contribution in [3.63, 3.8) is 0 Å². The molecule has 0 aliphatic heterocycles. The lowest BCUT2D eigenvalue weighted by molar-refractivity contribution is 0.0329. The normalized spacial score (nSPS) is 22.0. The van der Waals surface area contributed by atoms with Gasteiger partial charge in [0.05, 0.1) is 16.8 Å². The third kappa shape index (κ3) is 2.80. The van der Waals surface area contributed by atoms with Crippen molar-refractivity contribution in [1.29, 1.82) is 0 Å². The van der Waals surface area contributed by atoms with Crippen LogP contribution in [0.25, 0.3) is 11.3 Å². The summed E-state index contributed by atoms with van der Waals surface area (Å²) in [7, 11) is 1.78. The molecule has 1 aliphatic rings. The minimum absolute atomic E-state index is 0.440. The van der Waals surface area contributed by atoms with Crippen molar-refractivity contribution in [1.82, 2.24) is 4.98 Å². The van der Waals surface area contributed by atoms with Gasteiger partial charge in [-0.1, -0.05) is 12.1 Å². The van der Waals surface area contributed by atoms with Crippen LogP contribution in [-0.2, 0) is 4.74 Å². The number of hydrogen-bond acceptors (Lipinski definition) is 4. The molecule has 0 spiro atoms. The molecular formula is C15H18N2OS. The largest absolute Gasteiger partial charge is 0.382 e. The molecule has 1 aliphatic carbocycles. The van der Waals surface area contributed by atoms with Crippen molar-refractivity contribution in [3.05, 3.63) is 34.7 Å². The van der Waals surface area contributed by atoms with Crippen LogP contribution in [0, 0.1) is 6.92 Å². The van der Waals surface area contributed by atoms with E-state index in [2.05, 4.69) is 39.9 Å². The van der Waals surface area contributed by atoms with Crippen molar-refractivity contribution in [2.75, 3.05) is 12.4 Å². The number of benzene rings is 1. The van der Waals surface area contributed by atoms with Crippen molar-refractivity contribution in [2.45, 2.75) is 31.9 Å². The third-order valence-corrected chi connectivity index (χ3v) is 4.37. The van der Waals surface area contributed by atoms with Gasteiger partial charge in [-0.3, -0.25) is 0 Å². The van der Waals surface area contributed by atoms with Crippen LogP contribution in [0.5, 0.6) is 0 Å². The molecule has 4 heteroatoms. The van der Waals surface area contributed by atoms with E-state index in [1.165, 1.54) is 11.3 Å². The fourth-order valence-corrected chi connectivity index (χ4v) is 2.97. The first-order chi connectivity index (χ1) is 9.24. The monoisotopic (exact) mass is 274 g/mol. The highest BCUT2D eigenvalue weighted by Crippen LogP contribution is 2.28. The van der Waals surface area contributed by atoms with Gasteiger partial charge in [0.1, 0.15) is 0 Å².